The van der Waals surface area contributed by atoms with Crippen molar-refractivity contribution in [1.29, 1.82) is 0 Å². The van der Waals surface area contributed by atoms with E-state index in [2.05, 4.69) is 10.3 Å². The van der Waals surface area contributed by atoms with Gasteiger partial charge in [-0.15, -0.1) is 0 Å². The fraction of sp³-hybridized carbons (Fsp3) is 0.500. The maximum Gasteiger partial charge on any atom is 0.325 e. The van der Waals surface area contributed by atoms with Gasteiger partial charge >= 0.3 is 5.97 Å². The number of carboxylic acid groups (broad SMARTS) is 1. The second-order valence-corrected chi connectivity index (χ2v) is 4.16. The van der Waals surface area contributed by atoms with E-state index in [4.69, 9.17) is 4.74 Å². The molecule has 0 aliphatic heterocycles. The molecule has 0 aliphatic rings. The van der Waals surface area contributed by atoms with E-state index in [1.165, 1.54) is 13.3 Å². The molecule has 0 fully saturated rings. The summed E-state index contributed by atoms with van der Waals surface area (Å²) in [4.78, 5) is 17.2. The van der Waals surface area contributed by atoms with Crippen LogP contribution in [0.15, 0.2) is 18.3 Å². The van der Waals surface area contributed by atoms with Gasteiger partial charge in [0.25, 0.3) is 0 Å². The summed E-state index contributed by atoms with van der Waals surface area (Å²) < 4.78 is 4.94. The molecule has 1 heterocycles. The summed E-state index contributed by atoms with van der Waals surface area (Å²) in [6, 6.07) is 2.61. The highest BCUT2D eigenvalue weighted by atomic mass is 16.5. The highest BCUT2D eigenvalue weighted by molar-refractivity contribution is 5.75. The van der Waals surface area contributed by atoms with Crippen LogP contribution < -0.4 is 10.1 Å². The highest BCUT2D eigenvalue weighted by Gasteiger charge is 2.19. The maximum atomic E-state index is 11.2. The molecule has 100 valence electrons. The summed E-state index contributed by atoms with van der Waals surface area (Å²) >= 11 is 0. The van der Waals surface area contributed by atoms with Gasteiger partial charge in [0.15, 0.2) is 0 Å². The molecule has 6 heteroatoms. The normalized spacial score (nSPS) is 12.4. The molecule has 0 aromatic carbocycles. The van der Waals surface area contributed by atoms with Gasteiger partial charge in [0, 0.05) is 25.4 Å². The Morgan fingerprint density at radius 2 is 2.28 bits per heavy atom. The van der Waals surface area contributed by atoms with Gasteiger partial charge in [-0.05, 0) is 25.7 Å². The van der Waals surface area contributed by atoms with Gasteiger partial charge in [-0.3, -0.25) is 10.1 Å². The van der Waals surface area contributed by atoms with Crippen LogP contribution in [0.2, 0.25) is 0 Å². The van der Waals surface area contributed by atoms with E-state index < -0.39 is 12.0 Å². The Kier molecular flexibility index (Phi) is 5.54. The fourth-order valence-corrected chi connectivity index (χ4v) is 1.46. The monoisotopic (exact) mass is 253 g/mol. The number of aliphatic carboxylic acids is 1. The zero-order valence-corrected chi connectivity index (χ0v) is 10.9. The third-order valence-corrected chi connectivity index (χ3v) is 2.46. The third-order valence-electron chi connectivity index (χ3n) is 2.46. The third kappa shape index (κ3) is 4.31. The average Bonchev–Trinajstić information content (AvgIpc) is 2.34. The van der Waals surface area contributed by atoms with Crippen molar-refractivity contribution in [2.24, 2.45) is 0 Å². The van der Waals surface area contributed by atoms with Crippen LogP contribution in [0.5, 0.6) is 5.88 Å². The number of aromatic nitrogens is 1. The number of ether oxygens (including phenoxy) is 1. The molecule has 2 N–H and O–H groups in total. The van der Waals surface area contributed by atoms with Crippen LogP contribution in [0.1, 0.15) is 11.6 Å². The van der Waals surface area contributed by atoms with Crippen LogP contribution in [-0.2, 0) is 4.79 Å². The summed E-state index contributed by atoms with van der Waals surface area (Å²) in [6.07, 6.45) is 1.51. The topological polar surface area (TPSA) is 74.7 Å². The van der Waals surface area contributed by atoms with Crippen molar-refractivity contribution in [3.63, 3.8) is 0 Å². The van der Waals surface area contributed by atoms with Crippen LogP contribution in [0, 0.1) is 0 Å². The number of rotatable bonds is 7. The summed E-state index contributed by atoms with van der Waals surface area (Å²) in [6.45, 7) is 1.36. The van der Waals surface area contributed by atoms with Crippen LogP contribution >= 0.6 is 0 Å². The molecule has 1 aromatic heterocycles. The number of nitrogens with zero attached hydrogens (tertiary/aromatic N) is 2. The molecule has 1 aromatic rings. The minimum Gasteiger partial charge on any atom is -0.481 e. The quantitative estimate of drug-likeness (QED) is 0.731. The van der Waals surface area contributed by atoms with E-state index >= 15 is 0 Å². The van der Waals surface area contributed by atoms with E-state index in [0.717, 1.165) is 6.54 Å². The molecule has 0 amide bonds. The zero-order chi connectivity index (χ0) is 13.5. The molecule has 0 saturated heterocycles. The molecule has 1 atom stereocenters. The Morgan fingerprint density at radius 1 is 1.56 bits per heavy atom. The zero-order valence-electron chi connectivity index (χ0n) is 10.9. The summed E-state index contributed by atoms with van der Waals surface area (Å²) in [5, 5.41) is 12.2. The Hall–Kier alpha value is -1.66. The van der Waals surface area contributed by atoms with Crippen molar-refractivity contribution in [2.75, 3.05) is 34.3 Å². The minimum absolute atomic E-state index is 0.469. The van der Waals surface area contributed by atoms with Crippen LogP contribution in [0.4, 0.5) is 0 Å². The van der Waals surface area contributed by atoms with E-state index in [9.17, 15) is 9.90 Å². The minimum atomic E-state index is -0.916. The molecule has 6 nitrogen and oxygen atoms in total. The second kappa shape index (κ2) is 6.93. The number of hydrogen-bond acceptors (Lipinski definition) is 5. The van der Waals surface area contributed by atoms with Gasteiger partial charge in [0.05, 0.1) is 7.11 Å². The smallest absolute Gasteiger partial charge is 0.325 e. The van der Waals surface area contributed by atoms with Gasteiger partial charge in [-0.1, -0.05) is 0 Å². The van der Waals surface area contributed by atoms with E-state index in [0.29, 0.717) is 18.0 Å². The number of carboxylic acids is 1. The predicted octanol–water partition coefficient (Wildman–Crippen LogP) is 0.367. The second-order valence-electron chi connectivity index (χ2n) is 4.16. The first-order valence-electron chi connectivity index (χ1n) is 5.65. The first kappa shape index (κ1) is 14.4. The van der Waals surface area contributed by atoms with E-state index in [1.807, 2.05) is 19.0 Å². The van der Waals surface area contributed by atoms with Gasteiger partial charge in [-0.2, -0.15) is 0 Å². The molecule has 0 spiro atoms. The SMILES string of the molecule is COc1ccc(C(NCCN(C)C)C(=O)O)cn1. The number of likely N-dealkylation sites (N-methyl/N-ethyl adjacent to an activating group) is 1. The Bertz CT molecular complexity index is 379. The predicted molar refractivity (Wildman–Crippen MR) is 67.7 cm³/mol. The van der Waals surface area contributed by atoms with Crippen molar-refractivity contribution < 1.29 is 14.6 Å². The molecule has 0 radical (unpaired) electrons. The number of carbonyl (C=O) groups is 1. The lowest BCUT2D eigenvalue weighted by Crippen LogP contribution is -2.34. The molecule has 1 rings (SSSR count). The first-order valence-corrected chi connectivity index (χ1v) is 5.65. The van der Waals surface area contributed by atoms with Crippen LogP contribution in [-0.4, -0.2) is 55.3 Å². The van der Waals surface area contributed by atoms with Gasteiger partial charge in [0.1, 0.15) is 6.04 Å². The van der Waals surface area contributed by atoms with Crippen LogP contribution in [0.25, 0.3) is 0 Å². The molecular weight excluding hydrogens is 234 g/mol. The summed E-state index contributed by atoms with van der Waals surface area (Å²) in [5.74, 6) is -0.447. The van der Waals surface area contributed by atoms with Crippen molar-refractivity contribution >= 4 is 5.97 Å². The first-order chi connectivity index (χ1) is 8.54. The number of hydrogen-bond donors (Lipinski definition) is 2. The Balaban J connectivity index is 2.68. The van der Waals surface area contributed by atoms with E-state index in [1.54, 1.807) is 12.1 Å². The van der Waals surface area contributed by atoms with Crippen LogP contribution in [0.3, 0.4) is 0 Å². The largest absolute Gasteiger partial charge is 0.481 e. The Morgan fingerprint density at radius 3 is 2.72 bits per heavy atom. The summed E-state index contributed by atoms with van der Waals surface area (Å²) in [7, 11) is 5.39. The number of methoxy groups -OCH3 is 1. The lowest BCUT2D eigenvalue weighted by molar-refractivity contribution is -0.139. The maximum absolute atomic E-state index is 11.2. The standard InChI is InChI=1S/C12H19N3O3/c1-15(2)7-6-13-11(12(16)17)9-4-5-10(18-3)14-8-9/h4-5,8,11,13H,6-7H2,1-3H3,(H,16,17). The van der Waals surface area contributed by atoms with Crippen molar-refractivity contribution in [3.8, 4) is 5.88 Å². The highest BCUT2D eigenvalue weighted by Crippen LogP contribution is 2.14. The Labute approximate surface area is 107 Å². The fourth-order valence-electron chi connectivity index (χ4n) is 1.46. The van der Waals surface area contributed by atoms with Gasteiger partial charge < -0.3 is 14.7 Å². The summed E-state index contributed by atoms with van der Waals surface area (Å²) in [5.41, 5.74) is 0.613. The lowest BCUT2D eigenvalue weighted by atomic mass is 10.1. The van der Waals surface area contributed by atoms with Crippen molar-refractivity contribution in [3.05, 3.63) is 23.9 Å². The van der Waals surface area contributed by atoms with E-state index in [-0.39, 0.29) is 0 Å². The molecular formula is C12H19N3O3. The molecule has 0 bridgehead atoms. The molecule has 18 heavy (non-hydrogen) atoms. The molecule has 1 unspecified atom stereocenters. The lowest BCUT2D eigenvalue weighted by Gasteiger charge is -2.16. The van der Waals surface area contributed by atoms with Crippen molar-refractivity contribution in [2.45, 2.75) is 6.04 Å². The molecule has 0 aliphatic carbocycles. The molecule has 0 saturated carbocycles. The van der Waals surface area contributed by atoms with Gasteiger partial charge in [0.2, 0.25) is 5.88 Å². The van der Waals surface area contributed by atoms with Gasteiger partial charge in [-0.25, -0.2) is 4.98 Å². The van der Waals surface area contributed by atoms with Crippen molar-refractivity contribution in [1.82, 2.24) is 15.2 Å². The average molecular weight is 253 g/mol. The number of pyridine rings is 1. The number of nitrogens with one attached hydrogen (secondary N) is 1.